The highest BCUT2D eigenvalue weighted by Gasteiger charge is 2.48. The van der Waals surface area contributed by atoms with Gasteiger partial charge in [0.1, 0.15) is 5.75 Å². The summed E-state index contributed by atoms with van der Waals surface area (Å²) >= 11 is 0. The van der Waals surface area contributed by atoms with Crippen LogP contribution in [0.4, 0.5) is 5.69 Å². The molecule has 0 heterocycles. The molecular weight excluding hydrogens is 332 g/mol. The molecule has 1 saturated carbocycles. The molecule has 2 amide bonds. The molecule has 3 rings (SSSR count). The lowest BCUT2D eigenvalue weighted by atomic mass is 10.2. The van der Waals surface area contributed by atoms with E-state index in [1.165, 1.54) is 0 Å². The fourth-order valence-electron chi connectivity index (χ4n) is 2.68. The monoisotopic (exact) mass is 354 g/mol. The molecule has 1 fully saturated rings. The van der Waals surface area contributed by atoms with Crippen molar-refractivity contribution in [1.29, 1.82) is 0 Å². The van der Waals surface area contributed by atoms with Crippen molar-refractivity contribution in [1.82, 2.24) is 5.32 Å². The van der Waals surface area contributed by atoms with Crippen molar-refractivity contribution in [3.8, 4) is 11.5 Å². The van der Waals surface area contributed by atoms with Crippen molar-refractivity contribution in [2.75, 3.05) is 25.6 Å². The second-order valence-corrected chi connectivity index (χ2v) is 6.13. The Labute approximate surface area is 152 Å². The first-order valence-electron chi connectivity index (χ1n) is 8.58. The van der Waals surface area contributed by atoms with Crippen molar-refractivity contribution in [3.63, 3.8) is 0 Å². The third-order valence-electron chi connectivity index (χ3n) is 4.19. The van der Waals surface area contributed by atoms with Gasteiger partial charge in [-0.15, -0.1) is 0 Å². The lowest BCUT2D eigenvalue weighted by Crippen LogP contribution is -2.30. The summed E-state index contributed by atoms with van der Waals surface area (Å²) in [5, 5.41) is 5.65. The van der Waals surface area contributed by atoms with Crippen molar-refractivity contribution in [3.05, 3.63) is 54.6 Å². The lowest BCUT2D eigenvalue weighted by Gasteiger charge is -2.12. The number of benzene rings is 2. The van der Waals surface area contributed by atoms with Gasteiger partial charge in [-0.05, 0) is 30.7 Å². The minimum Gasteiger partial charge on any atom is -0.455 e. The highest BCUT2D eigenvalue weighted by atomic mass is 16.5. The maximum absolute atomic E-state index is 12.5. The number of carbonyl (C=O) groups is 2. The molecule has 1 aliphatic rings. The first-order chi connectivity index (χ1) is 12.7. The fraction of sp³-hybridized carbons (Fsp3) is 0.300. The lowest BCUT2D eigenvalue weighted by molar-refractivity contribution is -0.125. The van der Waals surface area contributed by atoms with Crippen molar-refractivity contribution < 1.29 is 19.1 Å². The largest absolute Gasteiger partial charge is 0.455 e. The Balaban J connectivity index is 1.58. The van der Waals surface area contributed by atoms with Crippen LogP contribution in [0.2, 0.25) is 0 Å². The summed E-state index contributed by atoms with van der Waals surface area (Å²) in [6, 6.07) is 16.6. The number of methoxy groups -OCH3 is 1. The average Bonchev–Trinajstić information content (AvgIpc) is 3.45. The van der Waals surface area contributed by atoms with E-state index in [2.05, 4.69) is 10.6 Å². The van der Waals surface area contributed by atoms with Crippen LogP contribution in [-0.2, 0) is 14.3 Å². The summed E-state index contributed by atoms with van der Waals surface area (Å²) in [7, 11) is 1.58. The summed E-state index contributed by atoms with van der Waals surface area (Å²) in [5.41, 5.74) is 0.590. The van der Waals surface area contributed by atoms with E-state index in [0.29, 0.717) is 36.8 Å². The highest BCUT2D eigenvalue weighted by Crippen LogP contribution is 2.40. The van der Waals surface area contributed by atoms with Crippen LogP contribution in [0.5, 0.6) is 11.5 Å². The summed E-state index contributed by atoms with van der Waals surface area (Å²) in [5.74, 6) is 0.415. The molecule has 2 aromatic rings. The molecule has 0 saturated heterocycles. The number of hydrogen-bond donors (Lipinski definition) is 2. The van der Waals surface area contributed by atoms with E-state index in [1.54, 1.807) is 19.2 Å². The normalized spacial score (nSPS) is 18.0. The zero-order valence-corrected chi connectivity index (χ0v) is 14.6. The molecule has 2 unspecified atom stereocenters. The van der Waals surface area contributed by atoms with Gasteiger partial charge in [0, 0.05) is 13.7 Å². The maximum Gasteiger partial charge on any atom is 0.228 e. The van der Waals surface area contributed by atoms with E-state index in [4.69, 9.17) is 9.47 Å². The van der Waals surface area contributed by atoms with E-state index in [9.17, 15) is 9.59 Å². The maximum atomic E-state index is 12.5. The molecular formula is C20H22N2O4. The van der Waals surface area contributed by atoms with E-state index in [1.807, 2.05) is 42.5 Å². The van der Waals surface area contributed by atoms with Gasteiger partial charge >= 0.3 is 0 Å². The van der Waals surface area contributed by atoms with E-state index in [0.717, 1.165) is 0 Å². The molecule has 0 aliphatic heterocycles. The number of para-hydroxylation sites is 3. The van der Waals surface area contributed by atoms with Gasteiger partial charge in [-0.3, -0.25) is 9.59 Å². The van der Waals surface area contributed by atoms with Crippen LogP contribution in [0.3, 0.4) is 0 Å². The van der Waals surface area contributed by atoms with E-state index >= 15 is 0 Å². The Morgan fingerprint density at radius 3 is 2.46 bits per heavy atom. The fourth-order valence-corrected chi connectivity index (χ4v) is 2.68. The second-order valence-electron chi connectivity index (χ2n) is 6.13. The number of anilines is 1. The number of amides is 2. The SMILES string of the molecule is COCCNC(=O)C1CC1C(=O)Nc1ccccc1Oc1ccccc1. The Morgan fingerprint density at radius 2 is 1.69 bits per heavy atom. The molecule has 0 spiro atoms. The summed E-state index contributed by atoms with van der Waals surface area (Å²) in [6.07, 6.45) is 0.562. The predicted molar refractivity (Wildman–Crippen MR) is 98.1 cm³/mol. The Morgan fingerprint density at radius 1 is 1.00 bits per heavy atom. The molecule has 26 heavy (non-hydrogen) atoms. The molecule has 0 radical (unpaired) electrons. The zero-order chi connectivity index (χ0) is 18.4. The first-order valence-corrected chi connectivity index (χ1v) is 8.58. The third kappa shape index (κ3) is 4.61. The average molecular weight is 354 g/mol. The first kappa shape index (κ1) is 17.9. The van der Waals surface area contributed by atoms with Crippen molar-refractivity contribution in [2.24, 2.45) is 11.8 Å². The molecule has 6 heteroatoms. The van der Waals surface area contributed by atoms with E-state index < -0.39 is 0 Å². The van der Waals surface area contributed by atoms with Gasteiger partial charge in [-0.25, -0.2) is 0 Å². The highest BCUT2D eigenvalue weighted by molar-refractivity contribution is 6.00. The van der Waals surface area contributed by atoms with Gasteiger partial charge in [0.25, 0.3) is 0 Å². The van der Waals surface area contributed by atoms with Gasteiger partial charge < -0.3 is 20.1 Å². The summed E-state index contributed by atoms with van der Waals surface area (Å²) < 4.78 is 10.7. The van der Waals surface area contributed by atoms with Crippen LogP contribution in [0, 0.1) is 11.8 Å². The Kier molecular flexibility index (Phi) is 5.86. The molecule has 6 nitrogen and oxygen atoms in total. The van der Waals surface area contributed by atoms with E-state index in [-0.39, 0.29) is 23.7 Å². The van der Waals surface area contributed by atoms with Crippen LogP contribution >= 0.6 is 0 Å². The van der Waals surface area contributed by atoms with Crippen molar-refractivity contribution >= 4 is 17.5 Å². The summed E-state index contributed by atoms with van der Waals surface area (Å²) in [6.45, 7) is 0.910. The van der Waals surface area contributed by atoms with Gasteiger partial charge in [-0.1, -0.05) is 30.3 Å². The molecule has 2 aromatic carbocycles. The number of carbonyl (C=O) groups excluding carboxylic acids is 2. The van der Waals surface area contributed by atoms with Crippen LogP contribution in [0.15, 0.2) is 54.6 Å². The van der Waals surface area contributed by atoms with Gasteiger partial charge in [0.05, 0.1) is 24.1 Å². The predicted octanol–water partition coefficient (Wildman–Crippen LogP) is 2.82. The quantitative estimate of drug-likeness (QED) is 0.715. The van der Waals surface area contributed by atoms with Crippen molar-refractivity contribution in [2.45, 2.75) is 6.42 Å². The van der Waals surface area contributed by atoms with Crippen LogP contribution in [0.25, 0.3) is 0 Å². The molecule has 0 bridgehead atoms. The zero-order valence-electron chi connectivity index (χ0n) is 14.6. The topological polar surface area (TPSA) is 76.7 Å². The Hall–Kier alpha value is -2.86. The van der Waals surface area contributed by atoms with Gasteiger partial charge in [0.15, 0.2) is 5.75 Å². The standard InChI is InChI=1S/C20H22N2O4/c1-25-12-11-21-19(23)15-13-16(15)20(24)22-17-9-5-6-10-18(17)26-14-7-3-2-4-8-14/h2-10,15-16H,11-13H2,1H3,(H,21,23)(H,22,24). The third-order valence-corrected chi connectivity index (χ3v) is 4.19. The number of nitrogens with one attached hydrogen (secondary N) is 2. The number of rotatable bonds is 8. The van der Waals surface area contributed by atoms with Gasteiger partial charge in [0.2, 0.25) is 11.8 Å². The van der Waals surface area contributed by atoms with Crippen LogP contribution in [-0.4, -0.2) is 32.1 Å². The second kappa shape index (κ2) is 8.49. The smallest absolute Gasteiger partial charge is 0.228 e. The molecule has 136 valence electrons. The minimum atomic E-state index is -0.303. The van der Waals surface area contributed by atoms with Crippen LogP contribution < -0.4 is 15.4 Å². The van der Waals surface area contributed by atoms with Gasteiger partial charge in [-0.2, -0.15) is 0 Å². The van der Waals surface area contributed by atoms with Crippen LogP contribution in [0.1, 0.15) is 6.42 Å². The number of ether oxygens (including phenoxy) is 2. The Bertz CT molecular complexity index is 763. The minimum absolute atomic E-state index is 0.101. The molecule has 0 aromatic heterocycles. The molecule has 2 atom stereocenters. The number of hydrogen-bond acceptors (Lipinski definition) is 4. The molecule has 1 aliphatic carbocycles. The summed E-state index contributed by atoms with van der Waals surface area (Å²) in [4.78, 5) is 24.4. The molecule has 2 N–H and O–H groups in total.